The number of hydrogen-bond acceptors (Lipinski definition) is 2. The molecule has 26 heavy (non-hydrogen) atoms. The van der Waals surface area contributed by atoms with E-state index in [4.69, 9.17) is 4.74 Å². The first kappa shape index (κ1) is 18.7. The average molecular weight is 395 g/mol. The van der Waals surface area contributed by atoms with E-state index in [0.717, 1.165) is 17.2 Å². The van der Waals surface area contributed by atoms with Crippen LogP contribution in [-0.4, -0.2) is 28.4 Å². The zero-order valence-corrected chi connectivity index (χ0v) is 18.8. The summed E-state index contributed by atoms with van der Waals surface area (Å²) in [6, 6.07) is 0. The van der Waals surface area contributed by atoms with Crippen molar-refractivity contribution in [3.8, 4) is 0 Å². The summed E-state index contributed by atoms with van der Waals surface area (Å²) in [5, 5.41) is 0.585. The van der Waals surface area contributed by atoms with Gasteiger partial charge in [0.05, 0.1) is 6.10 Å². The molecule has 0 aromatic rings. The van der Waals surface area contributed by atoms with Crippen molar-refractivity contribution in [1.29, 1.82) is 0 Å². The van der Waals surface area contributed by atoms with Gasteiger partial charge in [-0.1, -0.05) is 60.3 Å². The van der Waals surface area contributed by atoms with Crippen molar-refractivity contribution >= 4 is 19.7 Å². The molecule has 4 aliphatic carbocycles. The van der Waals surface area contributed by atoms with Crippen LogP contribution < -0.4 is 0 Å². The van der Waals surface area contributed by atoms with Crippen LogP contribution in [0.4, 0.5) is 0 Å². The van der Waals surface area contributed by atoms with Crippen LogP contribution in [0.15, 0.2) is 0 Å². The van der Waals surface area contributed by atoms with Crippen molar-refractivity contribution in [2.75, 3.05) is 5.75 Å². The van der Waals surface area contributed by atoms with Crippen LogP contribution in [0.1, 0.15) is 97.3 Å². The number of thioether (sulfide) groups is 1. The second kappa shape index (κ2) is 7.21. The zero-order chi connectivity index (χ0) is 17.8. The molecule has 5 fully saturated rings. The Morgan fingerprint density at radius 3 is 2.04 bits per heavy atom. The molecule has 3 heteroatoms. The van der Waals surface area contributed by atoms with Gasteiger partial charge in [0.2, 0.25) is 0 Å². The summed E-state index contributed by atoms with van der Waals surface area (Å²) in [4.78, 5) is 0. The van der Waals surface area contributed by atoms with Crippen LogP contribution in [0, 0.1) is 16.7 Å². The Kier molecular flexibility index (Phi) is 5.20. The van der Waals surface area contributed by atoms with E-state index in [1.54, 1.807) is 0 Å². The van der Waals surface area contributed by atoms with Crippen LogP contribution in [-0.2, 0) is 4.74 Å². The first-order valence-corrected chi connectivity index (χ1v) is 14.3. The molecule has 5 rings (SSSR count). The minimum absolute atomic E-state index is 0.0586. The Hall–Kier alpha value is 0.740. The lowest BCUT2D eigenvalue weighted by Crippen LogP contribution is -2.47. The van der Waals surface area contributed by atoms with Gasteiger partial charge in [-0.2, -0.15) is 0 Å². The fraction of sp³-hybridized carbons (Fsp3) is 1.00. The van der Waals surface area contributed by atoms with E-state index in [1.807, 2.05) is 0 Å². The third-order valence-electron chi connectivity index (χ3n) is 9.36. The average Bonchev–Trinajstić information content (AvgIpc) is 3.05. The molecular formula is C23H39OPS. The molecule has 1 aliphatic heterocycles. The third kappa shape index (κ3) is 2.87. The summed E-state index contributed by atoms with van der Waals surface area (Å²) in [6.45, 7) is 5.14. The number of ether oxygens (including phenoxy) is 1. The smallest absolute Gasteiger partial charge is 0.122 e. The molecule has 0 amide bonds. The maximum Gasteiger partial charge on any atom is 0.122 e. The molecule has 1 heterocycles. The predicted molar refractivity (Wildman–Crippen MR) is 115 cm³/mol. The fourth-order valence-corrected chi connectivity index (χ4v) is 14.3. The van der Waals surface area contributed by atoms with E-state index in [9.17, 15) is 0 Å². The van der Waals surface area contributed by atoms with E-state index >= 15 is 0 Å². The monoisotopic (exact) mass is 394 g/mol. The van der Waals surface area contributed by atoms with Crippen molar-refractivity contribution in [1.82, 2.24) is 0 Å². The number of fused-ring (bicyclic) bond motifs is 1. The largest absolute Gasteiger partial charge is 0.359 e. The Bertz CT molecular complexity index is 492. The first-order chi connectivity index (χ1) is 12.6. The molecule has 0 radical (unpaired) electrons. The molecule has 4 saturated carbocycles. The van der Waals surface area contributed by atoms with Crippen molar-refractivity contribution in [3.05, 3.63) is 0 Å². The molecule has 0 N–H and O–H groups in total. The SMILES string of the molecule is CC1(C)[C@@H]2CC[C@]13CS[C@H](P(C1CCCCC1)C1CCCCC1)O[C@@H]3C2. The Morgan fingerprint density at radius 2 is 1.46 bits per heavy atom. The predicted octanol–water partition coefficient (Wildman–Crippen LogP) is 7.38. The summed E-state index contributed by atoms with van der Waals surface area (Å²) in [6.07, 6.45) is 19.9. The lowest BCUT2D eigenvalue weighted by molar-refractivity contribution is -0.0447. The second-order valence-electron chi connectivity index (χ2n) is 10.6. The van der Waals surface area contributed by atoms with Gasteiger partial charge >= 0.3 is 0 Å². The lowest BCUT2D eigenvalue weighted by Gasteiger charge is -2.51. The molecular weight excluding hydrogens is 355 g/mol. The standard InChI is InChI=1S/C23H39OPS/c1-22(2)17-13-14-23(22)16-26-21(24-20(23)15-17)25(18-9-5-3-6-10-18)19-11-7-4-8-12-19/h17-21H,3-16H2,1-2H3/t17-,20-,21+,23-/m1/s1. The Morgan fingerprint density at radius 1 is 0.846 bits per heavy atom. The van der Waals surface area contributed by atoms with E-state index < -0.39 is 0 Å². The summed E-state index contributed by atoms with van der Waals surface area (Å²) in [5.74, 6) is 2.34. The maximum atomic E-state index is 7.13. The molecule has 1 saturated heterocycles. The van der Waals surface area contributed by atoms with Gasteiger partial charge in [0, 0.05) is 11.2 Å². The molecule has 1 spiro atoms. The van der Waals surface area contributed by atoms with Crippen molar-refractivity contribution in [2.45, 2.75) is 120 Å². The minimum Gasteiger partial charge on any atom is -0.359 e. The summed E-state index contributed by atoms with van der Waals surface area (Å²) >= 11 is 2.29. The van der Waals surface area contributed by atoms with Crippen LogP contribution in [0.5, 0.6) is 0 Å². The number of rotatable bonds is 3. The van der Waals surface area contributed by atoms with Crippen LogP contribution in [0.2, 0.25) is 0 Å². The molecule has 2 bridgehead atoms. The quantitative estimate of drug-likeness (QED) is 0.462. The van der Waals surface area contributed by atoms with Gasteiger partial charge in [-0.15, -0.1) is 11.8 Å². The van der Waals surface area contributed by atoms with Crippen LogP contribution in [0.25, 0.3) is 0 Å². The Labute approximate surface area is 166 Å². The van der Waals surface area contributed by atoms with E-state index in [1.165, 1.54) is 89.2 Å². The molecule has 0 unspecified atom stereocenters. The lowest BCUT2D eigenvalue weighted by atomic mass is 9.69. The molecule has 1 nitrogen and oxygen atoms in total. The highest BCUT2D eigenvalue weighted by Crippen LogP contribution is 2.72. The van der Waals surface area contributed by atoms with Crippen LogP contribution >= 0.6 is 19.7 Å². The van der Waals surface area contributed by atoms with Gasteiger partial charge in [-0.05, 0) is 67.6 Å². The summed E-state index contributed by atoms with van der Waals surface area (Å²) in [7, 11) is 0.0586. The topological polar surface area (TPSA) is 9.23 Å². The van der Waals surface area contributed by atoms with E-state index in [2.05, 4.69) is 25.6 Å². The normalized spacial score (nSPS) is 43.7. The summed E-state index contributed by atoms with van der Waals surface area (Å²) < 4.78 is 7.13. The number of hydrogen-bond donors (Lipinski definition) is 0. The highest BCUT2D eigenvalue weighted by molar-refractivity contribution is 8.05. The second-order valence-corrected chi connectivity index (χ2v) is 14.8. The van der Waals surface area contributed by atoms with E-state index in [-0.39, 0.29) is 7.92 Å². The van der Waals surface area contributed by atoms with E-state index in [0.29, 0.717) is 22.1 Å². The van der Waals surface area contributed by atoms with Gasteiger partial charge in [-0.25, -0.2) is 0 Å². The maximum absolute atomic E-state index is 7.13. The van der Waals surface area contributed by atoms with Gasteiger partial charge in [0.25, 0.3) is 0 Å². The van der Waals surface area contributed by atoms with Gasteiger partial charge in [0.1, 0.15) is 5.18 Å². The molecule has 4 atom stereocenters. The molecule has 148 valence electrons. The Balaban J connectivity index is 1.36. The third-order valence-corrected chi connectivity index (χ3v) is 14.9. The minimum atomic E-state index is 0.0586. The van der Waals surface area contributed by atoms with Gasteiger partial charge < -0.3 is 4.74 Å². The molecule has 0 aromatic carbocycles. The summed E-state index contributed by atoms with van der Waals surface area (Å²) in [5.41, 5.74) is 3.09. The van der Waals surface area contributed by atoms with Gasteiger partial charge in [-0.3, -0.25) is 0 Å². The van der Waals surface area contributed by atoms with Crippen LogP contribution in [0.3, 0.4) is 0 Å². The molecule has 0 aromatic heterocycles. The van der Waals surface area contributed by atoms with Crippen molar-refractivity contribution in [2.24, 2.45) is 16.7 Å². The highest BCUT2D eigenvalue weighted by atomic mass is 32.2. The first-order valence-electron chi connectivity index (χ1n) is 11.7. The van der Waals surface area contributed by atoms with Crippen molar-refractivity contribution in [3.63, 3.8) is 0 Å². The zero-order valence-electron chi connectivity index (χ0n) is 17.0. The molecule has 5 aliphatic rings. The van der Waals surface area contributed by atoms with Crippen molar-refractivity contribution < 1.29 is 4.74 Å². The van der Waals surface area contributed by atoms with Gasteiger partial charge in [0.15, 0.2) is 0 Å². The fourth-order valence-electron chi connectivity index (χ4n) is 7.49. The highest BCUT2D eigenvalue weighted by Gasteiger charge is 2.66.